The van der Waals surface area contributed by atoms with Gasteiger partial charge in [0.15, 0.2) is 5.58 Å². The van der Waals surface area contributed by atoms with E-state index in [1.54, 1.807) is 42.5 Å². The Morgan fingerprint density at radius 1 is 1.04 bits per heavy atom. The lowest BCUT2D eigenvalue weighted by atomic mass is 10.2. The van der Waals surface area contributed by atoms with Crippen molar-refractivity contribution in [2.45, 2.75) is 6.61 Å². The molecule has 8 heteroatoms. The molecule has 0 saturated carbocycles. The molecule has 2 heterocycles. The van der Waals surface area contributed by atoms with Gasteiger partial charge in [-0.05, 0) is 42.5 Å². The van der Waals surface area contributed by atoms with Crippen LogP contribution in [0, 0.1) is 0 Å². The Morgan fingerprint density at radius 3 is 2.59 bits per heavy atom. The molecular formula is C19H11Cl2N3O3. The number of esters is 1. The minimum atomic E-state index is -0.475. The molecule has 0 aliphatic heterocycles. The van der Waals surface area contributed by atoms with Crippen LogP contribution in [-0.2, 0) is 11.3 Å². The van der Waals surface area contributed by atoms with Gasteiger partial charge in [0.05, 0.1) is 11.8 Å². The van der Waals surface area contributed by atoms with E-state index in [2.05, 4.69) is 15.2 Å². The molecule has 6 nitrogen and oxygen atoms in total. The van der Waals surface area contributed by atoms with Gasteiger partial charge in [0.2, 0.25) is 5.89 Å². The number of rotatable bonds is 4. The molecule has 0 N–H and O–H groups in total. The third-order valence-electron chi connectivity index (χ3n) is 3.75. The van der Waals surface area contributed by atoms with Crippen molar-refractivity contribution in [1.82, 2.24) is 15.2 Å². The van der Waals surface area contributed by atoms with Gasteiger partial charge in [-0.15, -0.1) is 0 Å². The Morgan fingerprint density at radius 2 is 1.85 bits per heavy atom. The number of benzene rings is 2. The zero-order valence-electron chi connectivity index (χ0n) is 13.7. The first-order chi connectivity index (χ1) is 13.1. The number of oxazole rings is 1. The number of aromatic nitrogens is 3. The Balaban J connectivity index is 1.58. The summed E-state index contributed by atoms with van der Waals surface area (Å²) in [4.78, 5) is 16.7. The molecule has 134 valence electrons. The van der Waals surface area contributed by atoms with E-state index in [1.165, 1.54) is 12.4 Å². The molecule has 0 unspecified atom stereocenters. The van der Waals surface area contributed by atoms with E-state index in [1.807, 2.05) is 0 Å². The summed E-state index contributed by atoms with van der Waals surface area (Å²) in [5.41, 5.74) is 2.82. The third kappa shape index (κ3) is 3.92. The zero-order valence-corrected chi connectivity index (χ0v) is 15.2. The van der Waals surface area contributed by atoms with Gasteiger partial charge in [0, 0.05) is 27.4 Å². The predicted octanol–water partition coefficient (Wildman–Crippen LogP) is 4.95. The van der Waals surface area contributed by atoms with Gasteiger partial charge in [-0.25, -0.2) is 9.78 Å². The van der Waals surface area contributed by atoms with E-state index in [0.29, 0.717) is 38.2 Å². The van der Waals surface area contributed by atoms with Crippen molar-refractivity contribution in [1.29, 1.82) is 0 Å². The number of nitrogens with zero attached hydrogens (tertiary/aromatic N) is 3. The summed E-state index contributed by atoms with van der Waals surface area (Å²) >= 11 is 12.1. The second-order valence-corrected chi connectivity index (χ2v) is 6.56. The largest absolute Gasteiger partial charge is 0.457 e. The Labute approximate surface area is 163 Å². The van der Waals surface area contributed by atoms with E-state index in [4.69, 9.17) is 32.4 Å². The van der Waals surface area contributed by atoms with Gasteiger partial charge in [-0.1, -0.05) is 23.2 Å². The molecule has 0 bridgehead atoms. The lowest BCUT2D eigenvalue weighted by Crippen LogP contribution is -2.05. The Hall–Kier alpha value is -2.96. The van der Waals surface area contributed by atoms with Crippen molar-refractivity contribution in [3.63, 3.8) is 0 Å². The molecule has 2 aromatic heterocycles. The smallest absolute Gasteiger partial charge is 0.338 e. The quantitative estimate of drug-likeness (QED) is 0.451. The zero-order chi connectivity index (χ0) is 18.8. The number of carbonyl (C=O) groups excluding carboxylic acids is 1. The van der Waals surface area contributed by atoms with Crippen LogP contribution in [0.3, 0.4) is 0 Å². The molecule has 4 aromatic rings. The van der Waals surface area contributed by atoms with Crippen LogP contribution in [0.5, 0.6) is 0 Å². The van der Waals surface area contributed by atoms with Crippen molar-refractivity contribution in [3.05, 3.63) is 76.0 Å². The van der Waals surface area contributed by atoms with Crippen LogP contribution in [0.15, 0.2) is 59.3 Å². The van der Waals surface area contributed by atoms with Crippen molar-refractivity contribution < 1.29 is 13.9 Å². The van der Waals surface area contributed by atoms with Crippen LogP contribution in [0.2, 0.25) is 10.0 Å². The highest BCUT2D eigenvalue weighted by Gasteiger charge is 2.14. The molecule has 0 spiro atoms. The lowest BCUT2D eigenvalue weighted by Gasteiger charge is -2.04. The summed E-state index contributed by atoms with van der Waals surface area (Å²) in [7, 11) is 0. The normalized spacial score (nSPS) is 10.9. The van der Waals surface area contributed by atoms with Crippen LogP contribution in [0.1, 0.15) is 15.9 Å². The minimum Gasteiger partial charge on any atom is -0.457 e. The van der Waals surface area contributed by atoms with Gasteiger partial charge in [-0.3, -0.25) is 0 Å². The maximum atomic E-state index is 12.3. The molecule has 0 saturated heterocycles. The fraction of sp³-hybridized carbons (Fsp3) is 0.0526. The summed E-state index contributed by atoms with van der Waals surface area (Å²) in [5, 5.41) is 8.38. The van der Waals surface area contributed by atoms with Crippen molar-refractivity contribution >= 4 is 40.3 Å². The minimum absolute atomic E-state index is 0.106. The molecule has 2 aromatic carbocycles. The topological polar surface area (TPSA) is 78.1 Å². The fourth-order valence-electron chi connectivity index (χ4n) is 2.49. The average Bonchev–Trinajstić information content (AvgIpc) is 3.09. The maximum absolute atomic E-state index is 12.3. The van der Waals surface area contributed by atoms with Crippen LogP contribution in [-0.4, -0.2) is 21.2 Å². The monoisotopic (exact) mass is 399 g/mol. The van der Waals surface area contributed by atoms with Crippen molar-refractivity contribution in [2.75, 3.05) is 0 Å². The highest BCUT2D eigenvalue weighted by Crippen LogP contribution is 2.29. The second-order valence-electron chi connectivity index (χ2n) is 5.69. The number of carbonyl (C=O) groups is 1. The van der Waals surface area contributed by atoms with E-state index in [9.17, 15) is 4.79 Å². The molecule has 0 aliphatic carbocycles. The number of hydrogen-bond acceptors (Lipinski definition) is 6. The summed E-state index contributed by atoms with van der Waals surface area (Å²) < 4.78 is 11.0. The predicted molar refractivity (Wildman–Crippen MR) is 101 cm³/mol. The number of fused-ring (bicyclic) bond motifs is 1. The average molecular weight is 400 g/mol. The summed E-state index contributed by atoms with van der Waals surface area (Å²) in [6.45, 7) is 0.106. The first kappa shape index (κ1) is 17.5. The van der Waals surface area contributed by atoms with Crippen molar-refractivity contribution in [3.8, 4) is 11.5 Å². The third-order valence-corrected chi connectivity index (χ3v) is 4.19. The molecule has 0 amide bonds. The first-order valence-electron chi connectivity index (χ1n) is 7.88. The summed E-state index contributed by atoms with van der Waals surface area (Å²) in [5.74, 6) is -0.111. The SMILES string of the molecule is O=C(OCc1ccnnc1)c1ccc2nc(-c3cc(Cl)cc(Cl)c3)oc2c1. The Kier molecular flexibility index (Phi) is 4.75. The molecule has 4 rings (SSSR count). The van der Waals surface area contributed by atoms with Crippen molar-refractivity contribution in [2.24, 2.45) is 0 Å². The van der Waals surface area contributed by atoms with E-state index in [-0.39, 0.29) is 6.61 Å². The lowest BCUT2D eigenvalue weighted by molar-refractivity contribution is 0.0472. The first-order valence-corrected chi connectivity index (χ1v) is 8.64. The van der Waals surface area contributed by atoms with E-state index in [0.717, 1.165) is 5.56 Å². The molecule has 27 heavy (non-hydrogen) atoms. The molecular weight excluding hydrogens is 389 g/mol. The van der Waals surface area contributed by atoms with Crippen LogP contribution in [0.25, 0.3) is 22.6 Å². The van der Waals surface area contributed by atoms with Crippen LogP contribution in [0.4, 0.5) is 0 Å². The second kappa shape index (κ2) is 7.34. The van der Waals surface area contributed by atoms with E-state index < -0.39 is 5.97 Å². The fourth-order valence-corrected chi connectivity index (χ4v) is 3.01. The van der Waals surface area contributed by atoms with Crippen LogP contribution >= 0.6 is 23.2 Å². The number of hydrogen-bond donors (Lipinski definition) is 0. The number of ether oxygens (including phenoxy) is 1. The van der Waals surface area contributed by atoms with Gasteiger partial charge in [0.25, 0.3) is 0 Å². The Bertz CT molecular complexity index is 1110. The molecule has 0 aliphatic rings. The molecule has 0 radical (unpaired) electrons. The molecule has 0 atom stereocenters. The van der Waals surface area contributed by atoms with Gasteiger partial charge in [-0.2, -0.15) is 10.2 Å². The maximum Gasteiger partial charge on any atom is 0.338 e. The summed E-state index contributed by atoms with van der Waals surface area (Å²) in [6, 6.07) is 11.7. The van der Waals surface area contributed by atoms with Crippen LogP contribution < -0.4 is 0 Å². The summed E-state index contributed by atoms with van der Waals surface area (Å²) in [6.07, 6.45) is 3.07. The van der Waals surface area contributed by atoms with Gasteiger partial charge in [0.1, 0.15) is 12.1 Å². The highest BCUT2D eigenvalue weighted by atomic mass is 35.5. The van der Waals surface area contributed by atoms with Gasteiger partial charge < -0.3 is 9.15 Å². The van der Waals surface area contributed by atoms with E-state index >= 15 is 0 Å². The molecule has 0 fully saturated rings. The standard InChI is InChI=1S/C19H11Cl2N3O3/c20-14-5-13(6-15(21)8-14)18-24-16-2-1-12(7-17(16)27-18)19(25)26-10-11-3-4-22-23-9-11/h1-9H,10H2. The van der Waals surface area contributed by atoms with Gasteiger partial charge >= 0.3 is 5.97 Å². The number of halogens is 2. The highest BCUT2D eigenvalue weighted by molar-refractivity contribution is 6.35.